The van der Waals surface area contributed by atoms with Crippen LogP contribution in [0.25, 0.3) is 10.9 Å². The fourth-order valence-electron chi connectivity index (χ4n) is 10.5. The zero-order valence-electron chi connectivity index (χ0n) is 50.1. The number of nitrogens with zero attached hydrogens (tertiary/aromatic N) is 2. The van der Waals surface area contributed by atoms with Gasteiger partial charge < -0.3 is 79.4 Å². The Hall–Kier alpha value is -9.01. The molecule has 26 nitrogen and oxygen atoms in total. The van der Waals surface area contributed by atoms with Crippen molar-refractivity contribution in [2.24, 2.45) is 39.9 Å². The Morgan fingerprint density at radius 3 is 2.03 bits per heavy atom. The largest absolute Gasteiger partial charge is 0.508 e. The number of phenols is 1. The molecule has 1 saturated heterocycles. The monoisotopic (exact) mass is 1220 g/mol. The zero-order valence-corrected chi connectivity index (χ0v) is 50.1. The third-order valence-electron chi connectivity index (χ3n) is 15.1. The maximum atomic E-state index is 14.3. The van der Waals surface area contributed by atoms with Crippen molar-refractivity contribution in [3.63, 3.8) is 0 Å². The Balaban J connectivity index is 1.30. The number of likely N-dealkylation sites (tertiary alicyclic amines) is 1. The number of amides is 8. The number of hydrogen-bond donors (Lipinski definition) is 14. The molecular weight excluding hydrogens is 1140 g/mol. The van der Waals surface area contributed by atoms with Crippen LogP contribution in [-0.2, 0) is 67.2 Å². The van der Waals surface area contributed by atoms with Crippen molar-refractivity contribution in [1.29, 1.82) is 0 Å². The first-order valence-electron chi connectivity index (χ1n) is 29.2. The molecule has 1 aliphatic rings. The number of β-amino-alcohol motifs (C(OH)–C–C–N with tert-alkyl or cyclic N) is 1. The van der Waals surface area contributed by atoms with Crippen molar-refractivity contribution < 1.29 is 68.4 Å². The number of Topliss-reactive ketones (excluding diaryl/α,β-unsaturated/α-hetero) is 2. The van der Waals surface area contributed by atoms with Gasteiger partial charge in [-0.3, -0.25) is 52.9 Å². The number of benzene rings is 3. The molecule has 8 amide bonds. The van der Waals surface area contributed by atoms with Crippen molar-refractivity contribution in [2.45, 2.75) is 146 Å². The number of H-pyrrole nitrogens is 1. The van der Waals surface area contributed by atoms with Crippen molar-refractivity contribution >= 4 is 75.7 Å². The smallest absolute Gasteiger partial charge is 0.246 e. The first-order chi connectivity index (χ1) is 41.7. The second-order valence-corrected chi connectivity index (χ2v) is 22.7. The molecule has 0 aliphatic carbocycles. The molecule has 26 heteroatoms. The van der Waals surface area contributed by atoms with Crippen LogP contribution < -0.4 is 49.1 Å². The quantitative estimate of drug-likeness (QED) is 0.0121. The molecule has 1 fully saturated rings. The van der Waals surface area contributed by atoms with Crippen LogP contribution in [0.3, 0.4) is 0 Å². The molecule has 2 heterocycles. The minimum absolute atomic E-state index is 0.0367. The molecule has 1 aromatic heterocycles. The van der Waals surface area contributed by atoms with Crippen molar-refractivity contribution in [3.05, 3.63) is 114 Å². The van der Waals surface area contributed by atoms with Crippen molar-refractivity contribution in [3.8, 4) is 5.75 Å². The highest BCUT2D eigenvalue weighted by molar-refractivity contribution is 5.99. The molecule has 0 spiro atoms. The fraction of sp³-hybridized carbons (Fsp3) is 0.468. The minimum atomic E-state index is -1.70. The Morgan fingerprint density at radius 1 is 0.739 bits per heavy atom. The maximum absolute atomic E-state index is 14.3. The minimum Gasteiger partial charge on any atom is -0.508 e. The van der Waals surface area contributed by atoms with Crippen LogP contribution >= 0.6 is 0 Å². The number of aliphatic hydroxyl groups excluding tert-OH is 3. The second-order valence-electron chi connectivity index (χ2n) is 22.7. The number of phenolic OH excluding ortho intramolecular Hbond substituents is 1. The number of aromatic nitrogens is 1. The summed E-state index contributed by atoms with van der Waals surface area (Å²) in [5, 5.41) is 60.1. The number of carbonyl (C=O) groups is 10. The van der Waals surface area contributed by atoms with Crippen LogP contribution in [0.15, 0.2) is 102 Å². The first-order valence-corrected chi connectivity index (χ1v) is 29.2. The van der Waals surface area contributed by atoms with E-state index in [0.717, 1.165) is 33.5 Å². The van der Waals surface area contributed by atoms with Crippen LogP contribution in [0.4, 0.5) is 0 Å². The highest BCUT2D eigenvalue weighted by Crippen LogP contribution is 2.24. The number of fused-ring (bicyclic) bond motifs is 1. The number of aromatic amines is 1. The zero-order chi connectivity index (χ0) is 64.8. The van der Waals surface area contributed by atoms with Gasteiger partial charge in [0.1, 0.15) is 23.9 Å². The molecule has 0 unspecified atom stereocenters. The molecule has 0 radical (unpaired) electrons. The molecule has 0 saturated carbocycles. The summed E-state index contributed by atoms with van der Waals surface area (Å²) in [4.78, 5) is 144. The predicted octanol–water partition coefficient (Wildman–Crippen LogP) is -0.523. The number of para-hydroxylation sites is 1. The third-order valence-corrected chi connectivity index (χ3v) is 15.1. The summed E-state index contributed by atoms with van der Waals surface area (Å²) < 4.78 is 0. The number of ketones is 2. The Bertz CT molecular complexity index is 3130. The highest BCUT2D eigenvalue weighted by atomic mass is 16.3. The molecule has 3 aromatic carbocycles. The van der Waals surface area contributed by atoms with Crippen LogP contribution in [0, 0.1) is 17.8 Å². The van der Waals surface area contributed by atoms with Gasteiger partial charge in [0.2, 0.25) is 47.3 Å². The van der Waals surface area contributed by atoms with Gasteiger partial charge in [0.05, 0.1) is 48.8 Å². The molecule has 476 valence electrons. The summed E-state index contributed by atoms with van der Waals surface area (Å²) in [6, 6.07) is 14.0. The lowest BCUT2D eigenvalue weighted by Crippen LogP contribution is -2.56. The number of aliphatic imine (C=N–C) groups is 1. The predicted molar refractivity (Wildman–Crippen MR) is 326 cm³/mol. The number of nitrogens with two attached hydrogens (primary N) is 3. The second kappa shape index (κ2) is 33.8. The van der Waals surface area contributed by atoms with Gasteiger partial charge >= 0.3 is 0 Å². The van der Waals surface area contributed by atoms with Gasteiger partial charge in [-0.15, -0.1) is 0 Å². The van der Waals surface area contributed by atoms with Gasteiger partial charge in [-0.2, -0.15) is 0 Å². The molecule has 5 rings (SSSR count). The van der Waals surface area contributed by atoms with Crippen LogP contribution in [0.5, 0.6) is 5.75 Å². The van der Waals surface area contributed by atoms with Gasteiger partial charge in [-0.05, 0) is 79.5 Å². The summed E-state index contributed by atoms with van der Waals surface area (Å²) in [5.74, 6) is -10.5. The summed E-state index contributed by atoms with van der Waals surface area (Å²) >= 11 is 0. The van der Waals surface area contributed by atoms with Gasteiger partial charge in [0.15, 0.2) is 17.5 Å². The standard InChI is InChI=1S/C62H84N12O14/c1-34(2)24-46(53(80)28-39(14-11-23-67-62(65)66-5)58(85)73-49(57(64)84)27-40-32-68-45-16-10-9-15-43(40)45)70-56(83)22-21-52(79)47(25-37-12-7-6-8-13-37)71-59(86)44(35(3)75)30-54(81)48(31-55(63)82)72-60(87)51-29-42(78)33-74(51)61(88)50(69-36(4)76)26-38-17-19-41(77)20-18-38/h6-10,12-13,15-22,32,34-35,39,42,44,46-52,68,75,77-79H,11,14,23-31,33H2,1-5H3,(H2,63,82)(H2,64,84)(H,69,76)(H,70,83)(H,71,86)(H,72,87)(H,73,85)(H3,65,66,67)/b22-21+/t35-,39-,42-,44+,46+,47+,48+,49+,50-,51+,52+/m1/s1. The van der Waals surface area contributed by atoms with Crippen LogP contribution in [0.2, 0.25) is 0 Å². The van der Waals surface area contributed by atoms with Crippen molar-refractivity contribution in [1.82, 2.24) is 41.8 Å². The van der Waals surface area contributed by atoms with E-state index >= 15 is 0 Å². The Labute approximate surface area is 510 Å². The molecule has 88 heavy (non-hydrogen) atoms. The highest BCUT2D eigenvalue weighted by Gasteiger charge is 2.43. The Morgan fingerprint density at radius 2 is 1.40 bits per heavy atom. The lowest BCUT2D eigenvalue weighted by Gasteiger charge is -2.30. The lowest BCUT2D eigenvalue weighted by molar-refractivity contribution is -0.142. The lowest BCUT2D eigenvalue weighted by atomic mass is 9.90. The Kier molecular flexibility index (Phi) is 26.8. The number of guanidine groups is 1. The SMILES string of the molecule is CN=C(N)NCCC[C@H](CC(=O)[C@H](CC(C)C)NC(=O)/C=C/[C@H](O)[C@H](Cc1ccccc1)NC(=O)[C@@H](CC(=O)[C@H](CC(N)=O)NC(=O)[C@@H]1C[C@@H](O)CN1C(=O)[C@@H](Cc1ccc(O)cc1)NC(C)=O)[C@@H](C)O)C(=O)N[C@@H](Cc1c[nH]c2ccccc12)C(N)=O. The first kappa shape index (κ1) is 69.8. The van der Waals surface area contributed by atoms with Crippen LogP contribution in [-0.4, -0.2) is 170 Å². The van der Waals surface area contributed by atoms with Gasteiger partial charge in [-0.1, -0.05) is 74.5 Å². The summed E-state index contributed by atoms with van der Waals surface area (Å²) in [5.41, 5.74) is 19.9. The molecule has 11 atom stereocenters. The third kappa shape index (κ3) is 21.7. The fourth-order valence-corrected chi connectivity index (χ4v) is 10.5. The summed E-state index contributed by atoms with van der Waals surface area (Å²) in [6.07, 6.45) is -2.19. The van der Waals surface area contributed by atoms with E-state index in [-0.39, 0.29) is 69.1 Å². The van der Waals surface area contributed by atoms with E-state index in [1.54, 1.807) is 36.5 Å². The van der Waals surface area contributed by atoms with Crippen LogP contribution in [0.1, 0.15) is 89.3 Å². The topological polar surface area (TPSA) is 433 Å². The molecule has 1 aliphatic heterocycles. The number of nitrogens with one attached hydrogen (secondary N) is 7. The molecule has 4 aromatic rings. The molecular formula is C62H84N12O14. The average Bonchev–Trinajstić information content (AvgIpc) is 2.76. The normalized spacial score (nSPS) is 17.3. The number of rotatable bonds is 34. The summed E-state index contributed by atoms with van der Waals surface area (Å²) in [6.45, 7) is 6.04. The van der Waals surface area contributed by atoms with E-state index in [0.29, 0.717) is 24.1 Å². The van der Waals surface area contributed by atoms with E-state index in [9.17, 15) is 68.4 Å². The van der Waals surface area contributed by atoms with E-state index in [4.69, 9.17) is 17.2 Å². The van der Waals surface area contributed by atoms with E-state index in [1.165, 1.54) is 45.2 Å². The van der Waals surface area contributed by atoms with Gasteiger partial charge in [0.25, 0.3) is 0 Å². The average molecular weight is 1220 g/mol. The number of aliphatic hydroxyl groups is 3. The molecule has 0 bridgehead atoms. The van der Waals surface area contributed by atoms with E-state index in [1.807, 2.05) is 38.1 Å². The maximum Gasteiger partial charge on any atom is 0.246 e. The van der Waals surface area contributed by atoms with Crippen molar-refractivity contribution in [2.75, 3.05) is 20.1 Å². The number of aromatic hydroxyl groups is 1. The van der Waals surface area contributed by atoms with E-state index < -0.39 is 138 Å². The number of hydrogen-bond acceptors (Lipinski definition) is 15. The van der Waals surface area contributed by atoms with E-state index in [2.05, 4.69) is 41.9 Å². The molecule has 17 N–H and O–H groups in total. The number of primary amides is 2. The number of carbonyl (C=O) groups excluding carboxylic acids is 10. The summed E-state index contributed by atoms with van der Waals surface area (Å²) in [7, 11) is 1.50. The van der Waals surface area contributed by atoms with Gasteiger partial charge in [-0.25, -0.2) is 0 Å². The van der Waals surface area contributed by atoms with Gasteiger partial charge in [0, 0.05) is 88.3 Å².